The number of guanidine groups is 1. The van der Waals surface area contributed by atoms with Crippen LogP contribution in [0.15, 0.2) is 29.3 Å². The van der Waals surface area contributed by atoms with Gasteiger partial charge in [0.2, 0.25) is 0 Å². The first-order valence-corrected chi connectivity index (χ1v) is 4.50. The predicted molar refractivity (Wildman–Crippen MR) is 55.4 cm³/mol. The summed E-state index contributed by atoms with van der Waals surface area (Å²) in [5, 5.41) is 3.09. The lowest BCUT2D eigenvalue weighted by molar-refractivity contribution is 0.413. The molecule has 1 heterocycles. The molecule has 1 unspecified atom stereocenters. The topological polar surface area (TPSA) is 59.6 Å². The van der Waals surface area contributed by atoms with E-state index in [2.05, 4.69) is 10.3 Å². The Balaban J connectivity index is 2.17. The Hall–Kier alpha value is -1.71. The molecule has 14 heavy (non-hydrogen) atoms. The largest absolute Gasteiger partial charge is 0.497 e. The van der Waals surface area contributed by atoms with Gasteiger partial charge in [-0.25, -0.2) is 0 Å². The molecule has 0 saturated carbocycles. The van der Waals surface area contributed by atoms with Crippen molar-refractivity contribution in [2.45, 2.75) is 6.04 Å². The normalized spacial score (nSPS) is 20.1. The first-order valence-electron chi connectivity index (χ1n) is 4.50. The quantitative estimate of drug-likeness (QED) is 0.721. The number of nitrogens with zero attached hydrogens (tertiary/aromatic N) is 1. The van der Waals surface area contributed by atoms with Gasteiger partial charge in [0.15, 0.2) is 5.96 Å². The summed E-state index contributed by atoms with van der Waals surface area (Å²) in [6.45, 7) is 0.693. The van der Waals surface area contributed by atoms with Crippen LogP contribution in [0, 0.1) is 0 Å². The molecule has 1 aromatic carbocycles. The van der Waals surface area contributed by atoms with E-state index in [0.29, 0.717) is 12.5 Å². The maximum absolute atomic E-state index is 5.54. The number of hydrogen-bond acceptors (Lipinski definition) is 4. The van der Waals surface area contributed by atoms with Crippen LogP contribution in [0.25, 0.3) is 0 Å². The first-order chi connectivity index (χ1) is 6.79. The summed E-state index contributed by atoms with van der Waals surface area (Å²) >= 11 is 0. The van der Waals surface area contributed by atoms with Crippen molar-refractivity contribution >= 4 is 5.96 Å². The highest BCUT2D eigenvalue weighted by molar-refractivity contribution is 5.80. The molecule has 74 valence electrons. The molecule has 1 aliphatic heterocycles. The van der Waals surface area contributed by atoms with Gasteiger partial charge in [0.25, 0.3) is 0 Å². The molecule has 1 aliphatic rings. The summed E-state index contributed by atoms with van der Waals surface area (Å²) in [6, 6.07) is 8.10. The number of methoxy groups -OCH3 is 1. The van der Waals surface area contributed by atoms with E-state index < -0.39 is 0 Å². The summed E-state index contributed by atoms with van der Waals surface area (Å²) in [7, 11) is 1.66. The number of nitrogens with two attached hydrogens (primary N) is 1. The minimum Gasteiger partial charge on any atom is -0.497 e. The molecular formula is C10H13N3O. The Bertz CT molecular complexity index is 362. The van der Waals surface area contributed by atoms with Crippen molar-refractivity contribution in [3.63, 3.8) is 0 Å². The molecule has 0 fully saturated rings. The standard InChI is InChI=1S/C10H13N3O/c1-14-8-4-2-3-7(5-8)9-6-12-10(11)13-9/h2-5,9H,6H2,1H3,(H3,11,12,13). The predicted octanol–water partition coefficient (Wildman–Crippen LogP) is 0.654. The number of rotatable bonds is 2. The first kappa shape index (κ1) is 8.87. The van der Waals surface area contributed by atoms with E-state index in [1.165, 1.54) is 0 Å². The number of nitrogens with one attached hydrogen (secondary N) is 1. The summed E-state index contributed by atoms with van der Waals surface area (Å²) < 4.78 is 5.14. The van der Waals surface area contributed by atoms with E-state index in [0.717, 1.165) is 11.3 Å². The average Bonchev–Trinajstić information content (AvgIpc) is 2.65. The molecule has 4 nitrogen and oxygen atoms in total. The molecule has 0 saturated heterocycles. The summed E-state index contributed by atoms with van der Waals surface area (Å²) in [5.74, 6) is 1.37. The van der Waals surface area contributed by atoms with Crippen molar-refractivity contribution in [3.8, 4) is 5.75 Å². The maximum atomic E-state index is 5.54. The van der Waals surface area contributed by atoms with E-state index in [1.54, 1.807) is 7.11 Å². The highest BCUT2D eigenvalue weighted by atomic mass is 16.5. The van der Waals surface area contributed by atoms with Gasteiger partial charge in [-0.1, -0.05) is 12.1 Å². The Labute approximate surface area is 82.8 Å². The molecular weight excluding hydrogens is 178 g/mol. The van der Waals surface area contributed by atoms with Crippen LogP contribution in [0.5, 0.6) is 5.75 Å². The van der Waals surface area contributed by atoms with Crippen molar-refractivity contribution in [1.82, 2.24) is 5.32 Å². The van der Waals surface area contributed by atoms with E-state index in [-0.39, 0.29) is 6.04 Å². The van der Waals surface area contributed by atoms with Crippen LogP contribution >= 0.6 is 0 Å². The molecule has 1 aromatic rings. The summed E-state index contributed by atoms with van der Waals surface area (Å²) in [4.78, 5) is 4.09. The van der Waals surface area contributed by atoms with Gasteiger partial charge < -0.3 is 15.8 Å². The van der Waals surface area contributed by atoms with Gasteiger partial charge in [-0.15, -0.1) is 0 Å². The summed E-state index contributed by atoms with van der Waals surface area (Å²) in [6.07, 6.45) is 0. The smallest absolute Gasteiger partial charge is 0.189 e. The van der Waals surface area contributed by atoms with Crippen molar-refractivity contribution < 1.29 is 4.74 Å². The minimum absolute atomic E-state index is 0.185. The van der Waals surface area contributed by atoms with Crippen LogP contribution in [-0.4, -0.2) is 19.6 Å². The molecule has 0 bridgehead atoms. The zero-order chi connectivity index (χ0) is 9.97. The van der Waals surface area contributed by atoms with Gasteiger partial charge in [-0.05, 0) is 17.7 Å². The third-order valence-electron chi connectivity index (χ3n) is 2.26. The number of benzene rings is 1. The third kappa shape index (κ3) is 1.64. The molecule has 0 aliphatic carbocycles. The number of ether oxygens (including phenoxy) is 1. The lowest BCUT2D eigenvalue weighted by Gasteiger charge is -2.11. The van der Waals surface area contributed by atoms with E-state index >= 15 is 0 Å². The second kappa shape index (κ2) is 3.57. The van der Waals surface area contributed by atoms with Crippen molar-refractivity contribution in [2.24, 2.45) is 10.7 Å². The second-order valence-corrected chi connectivity index (χ2v) is 3.20. The van der Waals surface area contributed by atoms with Gasteiger partial charge >= 0.3 is 0 Å². The Morgan fingerprint density at radius 3 is 3.07 bits per heavy atom. The van der Waals surface area contributed by atoms with Crippen LogP contribution < -0.4 is 15.8 Å². The lowest BCUT2D eigenvalue weighted by Crippen LogP contribution is -2.29. The Morgan fingerprint density at radius 1 is 1.57 bits per heavy atom. The van der Waals surface area contributed by atoms with E-state index in [1.807, 2.05) is 24.3 Å². The van der Waals surface area contributed by atoms with Crippen LogP contribution in [0.1, 0.15) is 11.6 Å². The lowest BCUT2D eigenvalue weighted by atomic mass is 10.1. The average molecular weight is 191 g/mol. The minimum atomic E-state index is 0.185. The van der Waals surface area contributed by atoms with Gasteiger partial charge in [0, 0.05) is 0 Å². The number of hydrogen-bond donors (Lipinski definition) is 2. The van der Waals surface area contributed by atoms with E-state index in [4.69, 9.17) is 10.5 Å². The van der Waals surface area contributed by atoms with E-state index in [9.17, 15) is 0 Å². The Morgan fingerprint density at radius 2 is 2.43 bits per heavy atom. The van der Waals surface area contributed by atoms with Crippen LogP contribution in [0.4, 0.5) is 0 Å². The van der Waals surface area contributed by atoms with Gasteiger partial charge in [0.1, 0.15) is 5.75 Å². The monoisotopic (exact) mass is 191 g/mol. The highest BCUT2D eigenvalue weighted by Crippen LogP contribution is 2.20. The molecule has 1 atom stereocenters. The van der Waals surface area contributed by atoms with Gasteiger partial charge in [-0.2, -0.15) is 0 Å². The van der Waals surface area contributed by atoms with Crippen molar-refractivity contribution in [2.75, 3.05) is 13.7 Å². The molecule has 0 radical (unpaired) electrons. The van der Waals surface area contributed by atoms with Crippen molar-refractivity contribution in [1.29, 1.82) is 0 Å². The Kier molecular flexibility index (Phi) is 2.26. The zero-order valence-electron chi connectivity index (χ0n) is 8.03. The van der Waals surface area contributed by atoms with Crippen molar-refractivity contribution in [3.05, 3.63) is 29.8 Å². The number of aliphatic imine (C=N–C) groups is 1. The van der Waals surface area contributed by atoms with Crippen LogP contribution in [0.2, 0.25) is 0 Å². The molecule has 3 N–H and O–H groups in total. The summed E-state index contributed by atoms with van der Waals surface area (Å²) in [5.41, 5.74) is 6.69. The fourth-order valence-electron chi connectivity index (χ4n) is 1.51. The maximum Gasteiger partial charge on any atom is 0.189 e. The third-order valence-corrected chi connectivity index (χ3v) is 2.26. The second-order valence-electron chi connectivity index (χ2n) is 3.20. The molecule has 0 amide bonds. The SMILES string of the molecule is COc1cccc(C2CN=C(N)N2)c1. The molecule has 2 rings (SSSR count). The fraction of sp³-hybridized carbons (Fsp3) is 0.300. The molecule has 0 aromatic heterocycles. The fourth-order valence-corrected chi connectivity index (χ4v) is 1.51. The van der Waals surface area contributed by atoms with Crippen LogP contribution in [0.3, 0.4) is 0 Å². The van der Waals surface area contributed by atoms with Crippen LogP contribution in [-0.2, 0) is 0 Å². The van der Waals surface area contributed by atoms with Gasteiger partial charge in [0.05, 0.1) is 19.7 Å². The molecule has 4 heteroatoms. The van der Waals surface area contributed by atoms with Gasteiger partial charge in [-0.3, -0.25) is 4.99 Å². The highest BCUT2D eigenvalue weighted by Gasteiger charge is 2.17. The molecule has 0 spiro atoms. The zero-order valence-corrected chi connectivity index (χ0v) is 8.03.